The number of hydrogen-bond donors (Lipinski definition) is 2. The Kier molecular flexibility index (Phi) is 7.17. The number of aliphatic hydroxyl groups excluding tert-OH is 1. The summed E-state index contributed by atoms with van der Waals surface area (Å²) in [6.07, 6.45) is 1.11. The average Bonchev–Trinajstić information content (AvgIpc) is 3.45. The Labute approximate surface area is 226 Å². The molecule has 12 heteroatoms. The van der Waals surface area contributed by atoms with Crippen LogP contribution >= 0.6 is 15.9 Å². The van der Waals surface area contributed by atoms with Crippen LogP contribution in [-0.4, -0.2) is 65.3 Å². The van der Waals surface area contributed by atoms with Crippen LogP contribution in [0.3, 0.4) is 0 Å². The summed E-state index contributed by atoms with van der Waals surface area (Å²) in [6.45, 7) is 2.99. The first kappa shape index (κ1) is 25.9. The standard InChI is InChI=1S/C26H25BrFN7O3/c1-14(36)25-19-8-16(17-10-29-15(2)30-11-17)6-7-20(19)35(33-25)13-24(37)34-12-18(28)9-21(34)26(38)32-23-5-3-4-22(27)31-23/h3-8,10-11,14,18,21,36H,9,12-13H2,1-2H3,(H,31,32,38)/t14-,18+,21-/m0/s1. The van der Waals surface area contributed by atoms with Crippen LogP contribution in [0, 0.1) is 6.92 Å². The molecule has 0 aliphatic carbocycles. The molecule has 1 aromatic carbocycles. The molecule has 4 heterocycles. The number of likely N-dealkylation sites (tertiary alicyclic amines) is 1. The summed E-state index contributed by atoms with van der Waals surface area (Å²) in [6, 6.07) is 9.59. The zero-order valence-electron chi connectivity index (χ0n) is 20.7. The molecule has 38 heavy (non-hydrogen) atoms. The molecular weight excluding hydrogens is 557 g/mol. The topological polar surface area (TPSA) is 126 Å². The van der Waals surface area contributed by atoms with E-state index in [1.54, 1.807) is 44.4 Å². The van der Waals surface area contributed by atoms with E-state index in [4.69, 9.17) is 0 Å². The van der Waals surface area contributed by atoms with Crippen LogP contribution in [0.1, 0.15) is 31.0 Å². The third-order valence-electron chi connectivity index (χ3n) is 6.41. The van der Waals surface area contributed by atoms with E-state index < -0.39 is 30.1 Å². The van der Waals surface area contributed by atoms with Crippen molar-refractivity contribution in [1.29, 1.82) is 0 Å². The molecule has 3 atom stereocenters. The van der Waals surface area contributed by atoms with Gasteiger partial charge in [-0.05, 0) is 59.6 Å². The Bertz CT molecular complexity index is 1510. The quantitative estimate of drug-likeness (QED) is 0.333. The maximum absolute atomic E-state index is 14.4. The fraction of sp³-hybridized carbons (Fsp3) is 0.308. The summed E-state index contributed by atoms with van der Waals surface area (Å²) in [7, 11) is 0. The Morgan fingerprint density at radius 2 is 1.97 bits per heavy atom. The number of amides is 2. The summed E-state index contributed by atoms with van der Waals surface area (Å²) >= 11 is 3.25. The van der Waals surface area contributed by atoms with Gasteiger partial charge in [-0.3, -0.25) is 14.3 Å². The maximum atomic E-state index is 14.4. The number of alkyl halides is 1. The monoisotopic (exact) mass is 581 g/mol. The number of nitrogens with one attached hydrogen (secondary N) is 1. The van der Waals surface area contributed by atoms with Gasteiger partial charge in [0.2, 0.25) is 11.8 Å². The smallest absolute Gasteiger partial charge is 0.248 e. The summed E-state index contributed by atoms with van der Waals surface area (Å²) in [5.41, 5.74) is 2.67. The molecule has 1 fully saturated rings. The fourth-order valence-corrected chi connectivity index (χ4v) is 4.91. The van der Waals surface area contributed by atoms with Gasteiger partial charge in [0.25, 0.3) is 0 Å². The van der Waals surface area contributed by atoms with Gasteiger partial charge >= 0.3 is 0 Å². The summed E-state index contributed by atoms with van der Waals surface area (Å²) < 4.78 is 16.4. The number of rotatable bonds is 6. The number of hydrogen-bond acceptors (Lipinski definition) is 7. The molecule has 2 N–H and O–H groups in total. The SMILES string of the molecule is Cc1ncc(-c2ccc3c(c2)c([C@H](C)O)nn3CC(=O)N2C[C@H](F)C[C@H]2C(=O)Nc2cccc(Br)n2)cn1. The number of anilines is 1. The predicted octanol–water partition coefficient (Wildman–Crippen LogP) is 3.59. The number of aryl methyl sites for hydroxylation is 1. The average molecular weight is 582 g/mol. The van der Waals surface area contributed by atoms with E-state index in [9.17, 15) is 19.1 Å². The fourth-order valence-electron chi connectivity index (χ4n) is 4.57. The van der Waals surface area contributed by atoms with Crippen molar-refractivity contribution in [2.75, 3.05) is 11.9 Å². The van der Waals surface area contributed by atoms with Gasteiger partial charge in [-0.15, -0.1) is 0 Å². The van der Waals surface area contributed by atoms with Crippen LogP contribution in [0.15, 0.2) is 53.4 Å². The van der Waals surface area contributed by atoms with E-state index in [1.807, 2.05) is 18.2 Å². The largest absolute Gasteiger partial charge is 0.387 e. The van der Waals surface area contributed by atoms with Gasteiger partial charge in [0.05, 0.1) is 23.9 Å². The third kappa shape index (κ3) is 5.27. The van der Waals surface area contributed by atoms with E-state index in [-0.39, 0.29) is 19.5 Å². The first-order valence-electron chi connectivity index (χ1n) is 12.0. The van der Waals surface area contributed by atoms with Crippen molar-refractivity contribution in [1.82, 2.24) is 29.6 Å². The van der Waals surface area contributed by atoms with Gasteiger partial charge in [0.1, 0.15) is 35.0 Å². The second-order valence-corrected chi connectivity index (χ2v) is 10.0. The number of carbonyl (C=O) groups is 2. The van der Waals surface area contributed by atoms with Gasteiger partial charge in [-0.25, -0.2) is 19.3 Å². The summed E-state index contributed by atoms with van der Waals surface area (Å²) in [4.78, 5) is 40.2. The number of carbonyl (C=O) groups excluding carboxylic acids is 2. The zero-order chi connectivity index (χ0) is 27.0. The van der Waals surface area contributed by atoms with Gasteiger partial charge in [-0.2, -0.15) is 5.10 Å². The molecule has 196 valence electrons. The maximum Gasteiger partial charge on any atom is 0.248 e. The highest BCUT2D eigenvalue weighted by molar-refractivity contribution is 9.10. The van der Waals surface area contributed by atoms with Crippen LogP contribution in [-0.2, 0) is 16.1 Å². The van der Waals surface area contributed by atoms with Gasteiger partial charge in [0.15, 0.2) is 0 Å². The van der Waals surface area contributed by atoms with E-state index in [2.05, 4.69) is 41.3 Å². The highest BCUT2D eigenvalue weighted by Gasteiger charge is 2.40. The third-order valence-corrected chi connectivity index (χ3v) is 6.86. The second-order valence-electron chi connectivity index (χ2n) is 9.20. The minimum Gasteiger partial charge on any atom is -0.387 e. The van der Waals surface area contributed by atoms with Crippen LogP contribution in [0.25, 0.3) is 22.0 Å². The molecule has 1 aliphatic heterocycles. The molecule has 1 saturated heterocycles. The van der Waals surface area contributed by atoms with Gasteiger partial charge in [0, 0.05) is 29.8 Å². The van der Waals surface area contributed by atoms with Crippen LogP contribution in [0.2, 0.25) is 0 Å². The van der Waals surface area contributed by atoms with Crippen molar-refractivity contribution < 1.29 is 19.1 Å². The number of nitrogens with zero attached hydrogens (tertiary/aromatic N) is 6. The molecular formula is C26H25BrFN7O3. The zero-order valence-corrected chi connectivity index (χ0v) is 22.3. The van der Waals surface area contributed by atoms with Crippen molar-refractivity contribution >= 4 is 44.5 Å². The normalized spacial score (nSPS) is 18.1. The molecule has 2 amide bonds. The molecule has 0 unspecified atom stereocenters. The molecule has 5 rings (SSSR count). The van der Waals surface area contributed by atoms with Crippen LogP contribution in [0.4, 0.5) is 10.2 Å². The van der Waals surface area contributed by atoms with Crippen molar-refractivity contribution in [2.45, 2.75) is 45.1 Å². The Balaban J connectivity index is 1.40. The van der Waals surface area contributed by atoms with E-state index in [1.165, 1.54) is 9.58 Å². The van der Waals surface area contributed by atoms with Crippen molar-refractivity contribution in [3.63, 3.8) is 0 Å². The molecule has 4 aromatic rings. The first-order chi connectivity index (χ1) is 18.2. The van der Waals surface area contributed by atoms with Crippen LogP contribution in [0.5, 0.6) is 0 Å². The van der Waals surface area contributed by atoms with Gasteiger partial charge in [-0.1, -0.05) is 12.1 Å². The van der Waals surface area contributed by atoms with E-state index >= 15 is 0 Å². The lowest BCUT2D eigenvalue weighted by molar-refractivity contribution is -0.137. The van der Waals surface area contributed by atoms with E-state index in [0.717, 1.165) is 11.1 Å². The number of fused-ring (bicyclic) bond motifs is 1. The van der Waals surface area contributed by atoms with Crippen molar-refractivity contribution in [3.8, 4) is 11.1 Å². The Hall–Kier alpha value is -3.77. The molecule has 0 bridgehead atoms. The lowest BCUT2D eigenvalue weighted by Crippen LogP contribution is -2.44. The highest BCUT2D eigenvalue weighted by Crippen LogP contribution is 2.30. The molecule has 0 spiro atoms. The predicted molar refractivity (Wildman–Crippen MR) is 142 cm³/mol. The number of halogens is 2. The van der Waals surface area contributed by atoms with Crippen molar-refractivity contribution in [2.24, 2.45) is 0 Å². The first-order valence-corrected chi connectivity index (χ1v) is 12.8. The Morgan fingerprint density at radius 1 is 1.21 bits per heavy atom. The molecule has 0 radical (unpaired) electrons. The molecule has 1 aliphatic rings. The molecule has 10 nitrogen and oxygen atoms in total. The second kappa shape index (κ2) is 10.5. The number of pyridine rings is 1. The highest BCUT2D eigenvalue weighted by atomic mass is 79.9. The molecule has 3 aromatic heterocycles. The summed E-state index contributed by atoms with van der Waals surface area (Å²) in [5.74, 6) is -0.00855. The molecule has 0 saturated carbocycles. The lowest BCUT2D eigenvalue weighted by Gasteiger charge is -2.23. The number of aromatic nitrogens is 5. The minimum atomic E-state index is -1.33. The lowest BCUT2D eigenvalue weighted by atomic mass is 10.0. The van der Waals surface area contributed by atoms with Gasteiger partial charge < -0.3 is 15.3 Å². The van der Waals surface area contributed by atoms with E-state index in [0.29, 0.717) is 32.8 Å². The Morgan fingerprint density at radius 3 is 2.68 bits per heavy atom. The van der Waals surface area contributed by atoms with Crippen LogP contribution < -0.4 is 5.32 Å². The summed E-state index contributed by atoms with van der Waals surface area (Å²) in [5, 5.41) is 18.2. The van der Waals surface area contributed by atoms with Crippen molar-refractivity contribution in [3.05, 3.63) is 64.9 Å². The number of aliphatic hydroxyl groups is 1. The minimum absolute atomic E-state index is 0.105. The number of benzene rings is 1.